The van der Waals surface area contributed by atoms with Crippen LogP contribution in [0.15, 0.2) is 24.3 Å². The minimum atomic E-state index is -0.415. The van der Waals surface area contributed by atoms with Gasteiger partial charge in [-0.25, -0.2) is 4.79 Å². The average molecular weight is 308 g/mol. The molecule has 5 nitrogen and oxygen atoms in total. The lowest BCUT2D eigenvalue weighted by molar-refractivity contribution is -0.0189. The van der Waals surface area contributed by atoms with Crippen molar-refractivity contribution in [3.8, 4) is 5.75 Å². The van der Waals surface area contributed by atoms with Crippen LogP contribution in [0.1, 0.15) is 42.5 Å². The number of esters is 1. The standard InChI is InChI=1S/C17H24O5/c18-15-8-6-14(7-9-15)17(19)22-13-11-20-10-12-21-16-4-2-1-3-5-16/h6-9,16,18H,1-5,10-13H2. The maximum absolute atomic E-state index is 11.7. The summed E-state index contributed by atoms with van der Waals surface area (Å²) in [4.78, 5) is 11.7. The molecule has 0 amide bonds. The number of ether oxygens (including phenoxy) is 3. The first-order valence-electron chi connectivity index (χ1n) is 7.91. The van der Waals surface area contributed by atoms with Gasteiger partial charge in [-0.05, 0) is 37.1 Å². The summed E-state index contributed by atoms with van der Waals surface area (Å²) in [6.07, 6.45) is 6.55. The molecule has 0 spiro atoms. The molecule has 1 aromatic rings. The number of hydrogen-bond donors (Lipinski definition) is 1. The van der Waals surface area contributed by atoms with Gasteiger partial charge in [0.25, 0.3) is 0 Å². The van der Waals surface area contributed by atoms with Gasteiger partial charge in [-0.2, -0.15) is 0 Å². The van der Waals surface area contributed by atoms with E-state index >= 15 is 0 Å². The molecule has 0 radical (unpaired) electrons. The fourth-order valence-corrected chi connectivity index (χ4v) is 2.48. The van der Waals surface area contributed by atoms with Gasteiger partial charge in [0.15, 0.2) is 0 Å². The van der Waals surface area contributed by atoms with E-state index in [1.54, 1.807) is 0 Å². The summed E-state index contributed by atoms with van der Waals surface area (Å²) in [5, 5.41) is 9.15. The lowest BCUT2D eigenvalue weighted by Gasteiger charge is -2.21. The van der Waals surface area contributed by atoms with Gasteiger partial charge in [0.1, 0.15) is 12.4 Å². The summed E-state index contributed by atoms with van der Waals surface area (Å²) in [6.45, 7) is 1.69. The quantitative estimate of drug-likeness (QED) is 0.591. The van der Waals surface area contributed by atoms with Gasteiger partial charge < -0.3 is 19.3 Å². The second-order valence-electron chi connectivity index (χ2n) is 5.43. The molecule has 0 unspecified atom stereocenters. The van der Waals surface area contributed by atoms with Crippen molar-refractivity contribution in [3.63, 3.8) is 0 Å². The molecule has 0 saturated heterocycles. The van der Waals surface area contributed by atoms with Gasteiger partial charge in [-0.3, -0.25) is 0 Å². The summed E-state index contributed by atoms with van der Waals surface area (Å²) in [7, 11) is 0. The second kappa shape index (κ2) is 9.43. The SMILES string of the molecule is O=C(OCCOCCOC1CCCCC1)c1ccc(O)cc1. The first kappa shape index (κ1) is 16.8. The number of carbonyl (C=O) groups excluding carboxylic acids is 1. The summed E-state index contributed by atoms with van der Waals surface area (Å²) >= 11 is 0. The third kappa shape index (κ3) is 6.03. The first-order chi connectivity index (χ1) is 10.8. The minimum absolute atomic E-state index is 0.123. The van der Waals surface area contributed by atoms with E-state index in [2.05, 4.69) is 0 Å². The Morgan fingerprint density at radius 1 is 1.00 bits per heavy atom. The highest BCUT2D eigenvalue weighted by Crippen LogP contribution is 2.19. The molecule has 22 heavy (non-hydrogen) atoms. The molecule has 0 aromatic heterocycles. The molecule has 0 atom stereocenters. The van der Waals surface area contributed by atoms with Crippen LogP contribution in [0.4, 0.5) is 0 Å². The Labute approximate surface area is 131 Å². The number of rotatable bonds is 8. The highest BCUT2D eigenvalue weighted by atomic mass is 16.6. The predicted molar refractivity (Wildman–Crippen MR) is 82.0 cm³/mol. The second-order valence-corrected chi connectivity index (χ2v) is 5.43. The number of benzene rings is 1. The van der Waals surface area contributed by atoms with Crippen LogP contribution in [0.25, 0.3) is 0 Å². The van der Waals surface area contributed by atoms with Gasteiger partial charge >= 0.3 is 5.97 Å². The van der Waals surface area contributed by atoms with Crippen molar-refractivity contribution >= 4 is 5.97 Å². The van der Waals surface area contributed by atoms with Crippen LogP contribution in [0, 0.1) is 0 Å². The van der Waals surface area contributed by atoms with E-state index in [1.807, 2.05) is 0 Å². The van der Waals surface area contributed by atoms with Crippen LogP contribution in [0.5, 0.6) is 5.75 Å². The Hall–Kier alpha value is -1.59. The maximum Gasteiger partial charge on any atom is 0.338 e. The highest BCUT2D eigenvalue weighted by Gasteiger charge is 2.13. The average Bonchev–Trinajstić information content (AvgIpc) is 2.55. The molecule has 1 aliphatic rings. The molecule has 1 aromatic carbocycles. The Balaban J connectivity index is 1.48. The Kier molecular flexibility index (Phi) is 7.19. The zero-order chi connectivity index (χ0) is 15.6. The van der Waals surface area contributed by atoms with E-state index in [4.69, 9.17) is 19.3 Å². The third-order valence-electron chi connectivity index (χ3n) is 3.70. The van der Waals surface area contributed by atoms with E-state index in [-0.39, 0.29) is 12.4 Å². The van der Waals surface area contributed by atoms with Gasteiger partial charge in [0.2, 0.25) is 0 Å². The normalized spacial score (nSPS) is 15.6. The lowest BCUT2D eigenvalue weighted by Crippen LogP contribution is -2.20. The van der Waals surface area contributed by atoms with Crippen LogP contribution in [-0.2, 0) is 14.2 Å². The van der Waals surface area contributed by atoms with Crippen molar-refractivity contribution in [2.75, 3.05) is 26.4 Å². The van der Waals surface area contributed by atoms with Gasteiger partial charge in [0, 0.05) is 0 Å². The van der Waals surface area contributed by atoms with Crippen LogP contribution in [-0.4, -0.2) is 43.6 Å². The molecule has 0 heterocycles. The number of phenolic OH excluding ortho intramolecular Hbond substituents is 1. The lowest BCUT2D eigenvalue weighted by atomic mass is 9.98. The minimum Gasteiger partial charge on any atom is -0.508 e. The molecule has 0 aliphatic heterocycles. The molecule has 1 fully saturated rings. The molecule has 1 N–H and O–H groups in total. The van der Waals surface area contributed by atoms with E-state index in [0.717, 1.165) is 12.8 Å². The third-order valence-corrected chi connectivity index (χ3v) is 3.70. The molecule has 0 bridgehead atoms. The van der Waals surface area contributed by atoms with Crippen LogP contribution < -0.4 is 0 Å². The fourth-order valence-electron chi connectivity index (χ4n) is 2.48. The molecule has 1 saturated carbocycles. The van der Waals surface area contributed by atoms with Crippen molar-refractivity contribution in [2.45, 2.75) is 38.2 Å². The summed E-state index contributed by atoms with van der Waals surface area (Å²) < 4.78 is 16.2. The molecular weight excluding hydrogens is 284 g/mol. The van der Waals surface area contributed by atoms with Crippen molar-refractivity contribution in [2.24, 2.45) is 0 Å². The maximum atomic E-state index is 11.7. The van der Waals surface area contributed by atoms with Crippen LogP contribution in [0.3, 0.4) is 0 Å². The van der Waals surface area contributed by atoms with Crippen molar-refractivity contribution in [3.05, 3.63) is 29.8 Å². The first-order valence-corrected chi connectivity index (χ1v) is 7.91. The van der Waals surface area contributed by atoms with Crippen LogP contribution in [0.2, 0.25) is 0 Å². The molecular formula is C17H24O5. The van der Waals surface area contributed by atoms with Gasteiger partial charge in [0.05, 0.1) is 31.5 Å². The molecule has 5 heteroatoms. The summed E-state index contributed by atoms with van der Waals surface area (Å²) in [5.74, 6) is -0.292. The predicted octanol–water partition coefficient (Wildman–Crippen LogP) is 2.91. The number of phenols is 1. The molecule has 122 valence electrons. The summed E-state index contributed by atoms with van der Waals surface area (Å²) in [5.41, 5.74) is 0.415. The zero-order valence-electron chi connectivity index (χ0n) is 12.8. The summed E-state index contributed by atoms with van der Waals surface area (Å²) in [6, 6.07) is 5.96. The monoisotopic (exact) mass is 308 g/mol. The van der Waals surface area contributed by atoms with Gasteiger partial charge in [-0.1, -0.05) is 19.3 Å². The van der Waals surface area contributed by atoms with E-state index in [1.165, 1.54) is 43.5 Å². The Morgan fingerprint density at radius 2 is 1.68 bits per heavy atom. The smallest absolute Gasteiger partial charge is 0.338 e. The largest absolute Gasteiger partial charge is 0.508 e. The van der Waals surface area contributed by atoms with Crippen LogP contribution >= 0.6 is 0 Å². The zero-order valence-corrected chi connectivity index (χ0v) is 12.8. The van der Waals surface area contributed by atoms with Crippen molar-refractivity contribution < 1.29 is 24.1 Å². The molecule has 1 aliphatic carbocycles. The van der Waals surface area contributed by atoms with Crippen molar-refractivity contribution in [1.82, 2.24) is 0 Å². The van der Waals surface area contributed by atoms with E-state index < -0.39 is 5.97 Å². The van der Waals surface area contributed by atoms with E-state index in [9.17, 15) is 4.79 Å². The number of aromatic hydroxyl groups is 1. The topological polar surface area (TPSA) is 65.0 Å². The van der Waals surface area contributed by atoms with E-state index in [0.29, 0.717) is 31.5 Å². The van der Waals surface area contributed by atoms with Crippen molar-refractivity contribution in [1.29, 1.82) is 0 Å². The fraction of sp³-hybridized carbons (Fsp3) is 0.588. The highest BCUT2D eigenvalue weighted by molar-refractivity contribution is 5.89. The Morgan fingerprint density at radius 3 is 2.41 bits per heavy atom. The van der Waals surface area contributed by atoms with Gasteiger partial charge in [-0.15, -0.1) is 0 Å². The Bertz CT molecular complexity index is 437. The number of hydrogen-bond acceptors (Lipinski definition) is 5. The molecule has 2 rings (SSSR count). The number of carbonyl (C=O) groups is 1.